The van der Waals surface area contributed by atoms with E-state index in [1.807, 2.05) is 42.5 Å². The van der Waals surface area contributed by atoms with Gasteiger partial charge in [0.1, 0.15) is 36.2 Å². The number of ketones is 1. The Morgan fingerprint density at radius 1 is 0.862 bits per heavy atom. The van der Waals surface area contributed by atoms with E-state index in [0.29, 0.717) is 18.5 Å². The van der Waals surface area contributed by atoms with Crippen molar-refractivity contribution in [2.24, 2.45) is 5.92 Å². The number of unbranched alkanes of at least 4 members (excludes halogenated alkanes) is 1. The third kappa shape index (κ3) is 13.3. The summed E-state index contributed by atoms with van der Waals surface area (Å²) in [6.45, 7) is -0.525. The van der Waals surface area contributed by atoms with Crippen LogP contribution < -0.4 is 16.0 Å². The predicted molar refractivity (Wildman–Crippen MR) is 200 cm³/mol. The first kappa shape index (κ1) is 45.1. The minimum absolute atomic E-state index is 0.0610. The Labute approximate surface area is 331 Å². The molecule has 4 rings (SSSR count). The Hall–Kier alpha value is -5.57. The minimum atomic E-state index is -2.05. The number of aliphatic hydroxyl groups is 3. The maximum absolute atomic E-state index is 14.7. The number of carbonyl (C=O) groups excluding carboxylic acids is 3. The van der Waals surface area contributed by atoms with Gasteiger partial charge in [0.05, 0.1) is 18.5 Å². The van der Waals surface area contributed by atoms with Crippen molar-refractivity contribution in [1.82, 2.24) is 30.9 Å². The molecule has 19 nitrogen and oxygen atoms in total. The molecule has 1 aliphatic rings. The molecule has 0 bridgehead atoms. The molecule has 3 amide bonds. The van der Waals surface area contributed by atoms with Crippen LogP contribution in [0.4, 0.5) is 9.18 Å². The number of nitrogens with one attached hydrogen (secondary N) is 3. The summed E-state index contributed by atoms with van der Waals surface area (Å²) in [5, 5.41) is 73.9. The summed E-state index contributed by atoms with van der Waals surface area (Å²) in [5.74, 6) is -5.45. The number of hydrogen-bond acceptors (Lipinski definition) is 12. The van der Waals surface area contributed by atoms with Gasteiger partial charge in [-0.15, -0.1) is 5.10 Å². The molecule has 8 unspecified atom stereocenters. The van der Waals surface area contributed by atoms with E-state index in [-0.39, 0.29) is 56.8 Å². The number of nitrogens with zero attached hydrogens (tertiary/aromatic N) is 3. The van der Waals surface area contributed by atoms with Gasteiger partial charge >= 0.3 is 23.9 Å². The zero-order valence-electron chi connectivity index (χ0n) is 31.5. The molecule has 0 spiro atoms. The van der Waals surface area contributed by atoms with Gasteiger partial charge in [-0.1, -0.05) is 47.7 Å². The van der Waals surface area contributed by atoms with Crippen molar-refractivity contribution in [3.63, 3.8) is 0 Å². The van der Waals surface area contributed by atoms with Crippen molar-refractivity contribution in [3.05, 3.63) is 59.9 Å². The predicted octanol–water partition coefficient (Wildman–Crippen LogP) is 0.879. The lowest BCUT2D eigenvalue weighted by Crippen LogP contribution is -2.55. The Kier molecular flexibility index (Phi) is 17.0. The van der Waals surface area contributed by atoms with E-state index in [1.165, 1.54) is 6.20 Å². The Morgan fingerprint density at radius 2 is 1.55 bits per heavy atom. The molecule has 9 N–H and O–H groups in total. The molecule has 1 aliphatic heterocycles. The first-order valence-corrected chi connectivity index (χ1v) is 18.9. The van der Waals surface area contributed by atoms with Crippen LogP contribution in [0, 0.1) is 5.92 Å². The van der Waals surface area contributed by atoms with Crippen LogP contribution in [0.3, 0.4) is 0 Å². The molecule has 0 aliphatic carbocycles. The molecule has 2 aromatic carbocycles. The molecule has 316 valence electrons. The van der Waals surface area contributed by atoms with Crippen molar-refractivity contribution in [2.75, 3.05) is 13.2 Å². The number of Topliss-reactive ketones (excluding diaryl/α,β-unsaturated/α-hetero) is 1. The second kappa shape index (κ2) is 21.8. The van der Waals surface area contributed by atoms with Gasteiger partial charge in [0.15, 0.2) is 12.4 Å². The highest BCUT2D eigenvalue weighted by Gasteiger charge is 2.46. The topological polar surface area (TPSA) is 300 Å². The van der Waals surface area contributed by atoms with Crippen LogP contribution in [-0.2, 0) is 41.6 Å². The van der Waals surface area contributed by atoms with Gasteiger partial charge < -0.3 is 51.3 Å². The number of benzene rings is 2. The Balaban J connectivity index is 1.30. The largest absolute Gasteiger partial charge is 0.481 e. The van der Waals surface area contributed by atoms with Crippen molar-refractivity contribution in [1.29, 1.82) is 0 Å². The van der Waals surface area contributed by atoms with Crippen LogP contribution in [0.2, 0.25) is 0 Å². The van der Waals surface area contributed by atoms with Crippen LogP contribution in [0.5, 0.6) is 0 Å². The summed E-state index contributed by atoms with van der Waals surface area (Å²) < 4.78 is 21.2. The highest BCUT2D eigenvalue weighted by molar-refractivity contribution is 5.88. The first-order valence-electron chi connectivity index (χ1n) is 18.9. The van der Waals surface area contributed by atoms with Crippen molar-refractivity contribution < 1.29 is 68.5 Å². The fourth-order valence-electron chi connectivity index (χ4n) is 6.54. The molecular formula is C38H49FN6O13. The number of alkyl halides is 1. The number of fused-ring (bicyclic) bond motifs is 1. The van der Waals surface area contributed by atoms with Crippen LogP contribution in [0.25, 0.3) is 10.8 Å². The third-order valence-corrected chi connectivity index (χ3v) is 9.74. The summed E-state index contributed by atoms with van der Waals surface area (Å²) in [6.07, 6.45) is -6.36. The lowest BCUT2D eigenvalue weighted by Gasteiger charge is -2.38. The molecule has 0 saturated carbocycles. The number of halogens is 1. The molecule has 0 radical (unpaired) electrons. The molecule has 20 heteroatoms. The van der Waals surface area contributed by atoms with E-state index < -0.39 is 92.1 Å². The maximum Gasteiger partial charge on any atom is 0.326 e. The quantitative estimate of drug-likeness (QED) is 0.0601. The van der Waals surface area contributed by atoms with Crippen LogP contribution in [0.15, 0.2) is 48.7 Å². The lowest BCUT2D eigenvalue weighted by atomic mass is 9.91. The average Bonchev–Trinajstić information content (AvgIpc) is 3.66. The molecule has 1 aromatic heterocycles. The number of ether oxygens (including phenoxy) is 1. The number of carboxylic acids is 3. The number of aryl methyl sites for hydroxylation is 1. The fraction of sp³-hybridized carbons (Fsp3) is 0.526. The molecule has 1 fully saturated rings. The molecule has 58 heavy (non-hydrogen) atoms. The standard InChI is InChI=1S/C38H49FN6O13/c39-31-33(51)32(50)29(20-46)58-35(31)45-19-25(43-44-45)8-5-9-26(47)18-24(17-21-11-12-22-6-1-2-7-23(22)16-21)34(52)40-15-4-3-10-27(36(53)54)41-38(57)42-28(37(55)56)13-14-30(48)49/h1-2,6-7,11-12,16,19,24,27-29,31-33,35,46,50-51H,3-5,8-10,13-15,17-18,20H2,(H,40,52)(H,48,49)(H,53,54)(H,55,56)(H2,41,42,57)/i39-1. The highest BCUT2D eigenvalue weighted by atomic mass is 18.2. The van der Waals surface area contributed by atoms with Gasteiger partial charge in [-0.3, -0.25) is 14.4 Å². The third-order valence-electron chi connectivity index (χ3n) is 9.74. The number of carboxylic acid groups (broad SMARTS) is 3. The minimum Gasteiger partial charge on any atom is -0.481 e. The van der Waals surface area contributed by atoms with E-state index in [1.54, 1.807) is 0 Å². The second-order valence-electron chi connectivity index (χ2n) is 14.2. The van der Waals surface area contributed by atoms with Crippen molar-refractivity contribution in [2.45, 2.75) is 107 Å². The second-order valence-corrected chi connectivity index (χ2v) is 14.2. The molecule has 2 heterocycles. The van der Waals surface area contributed by atoms with E-state index >= 15 is 0 Å². The van der Waals surface area contributed by atoms with Crippen LogP contribution in [-0.4, -0.2) is 131 Å². The number of rotatable bonds is 23. The molecule has 8 atom stereocenters. The monoisotopic (exact) mass is 815 g/mol. The lowest BCUT2D eigenvalue weighted by molar-refractivity contribution is -0.237. The molecular weight excluding hydrogens is 766 g/mol. The maximum atomic E-state index is 14.7. The Bertz CT molecular complexity index is 1890. The first-order chi connectivity index (χ1) is 27.7. The van der Waals surface area contributed by atoms with E-state index in [4.69, 9.17) is 9.84 Å². The summed E-state index contributed by atoms with van der Waals surface area (Å²) in [4.78, 5) is 73.0. The van der Waals surface area contributed by atoms with E-state index in [2.05, 4.69) is 26.3 Å². The normalized spacial score (nSPS) is 20.7. The smallest absolute Gasteiger partial charge is 0.326 e. The number of aromatic nitrogens is 3. The SMILES string of the molecule is O=C(O)CCC(NC(=O)NC(CCCCNC(=O)C(CC(=O)CCCc1cn(C2OC(CO)C(O)C(O)C2[18F])nn1)Cc1ccc2ccccc2c1)C(=O)O)C(=O)O. The van der Waals surface area contributed by atoms with Crippen molar-refractivity contribution in [3.8, 4) is 0 Å². The van der Waals surface area contributed by atoms with E-state index in [0.717, 1.165) is 21.0 Å². The summed E-state index contributed by atoms with van der Waals surface area (Å²) >= 11 is 0. The highest BCUT2D eigenvalue weighted by Crippen LogP contribution is 2.30. The number of amides is 3. The van der Waals surface area contributed by atoms with Gasteiger partial charge in [-0.2, -0.15) is 0 Å². The fourth-order valence-corrected chi connectivity index (χ4v) is 6.54. The summed E-state index contributed by atoms with van der Waals surface area (Å²) in [6, 6.07) is 9.43. The van der Waals surface area contributed by atoms with Gasteiger partial charge in [-0.05, 0) is 61.3 Å². The van der Waals surface area contributed by atoms with Crippen LogP contribution >= 0.6 is 0 Å². The number of aliphatic hydroxyl groups excluding tert-OH is 3. The Morgan fingerprint density at radius 3 is 2.22 bits per heavy atom. The number of hydrogen-bond donors (Lipinski definition) is 9. The van der Waals surface area contributed by atoms with Gasteiger partial charge in [0.2, 0.25) is 5.91 Å². The van der Waals surface area contributed by atoms with E-state index in [9.17, 15) is 58.7 Å². The van der Waals surface area contributed by atoms with Gasteiger partial charge in [0.25, 0.3) is 0 Å². The van der Waals surface area contributed by atoms with Crippen molar-refractivity contribution >= 4 is 46.4 Å². The summed E-state index contributed by atoms with van der Waals surface area (Å²) in [7, 11) is 0. The molecule has 1 saturated heterocycles. The number of urea groups is 1. The van der Waals surface area contributed by atoms with Gasteiger partial charge in [0, 0.05) is 31.7 Å². The molecule has 3 aromatic rings. The zero-order chi connectivity index (χ0) is 42.4. The average molecular weight is 816 g/mol. The number of carbonyl (C=O) groups is 6. The van der Waals surface area contributed by atoms with Gasteiger partial charge in [-0.25, -0.2) is 23.5 Å². The zero-order valence-corrected chi connectivity index (χ0v) is 31.5. The summed E-state index contributed by atoms with van der Waals surface area (Å²) in [5.41, 5.74) is 1.23. The van der Waals surface area contributed by atoms with Crippen LogP contribution in [0.1, 0.15) is 68.9 Å². The number of aliphatic carboxylic acids is 3.